The summed E-state index contributed by atoms with van der Waals surface area (Å²) in [4.78, 5) is 33.1. The van der Waals surface area contributed by atoms with E-state index in [0.29, 0.717) is 13.1 Å². The van der Waals surface area contributed by atoms with Crippen LogP contribution in [0.4, 0.5) is 4.79 Å². The molecule has 2 heterocycles. The van der Waals surface area contributed by atoms with E-state index in [2.05, 4.69) is 16.1 Å². The minimum atomic E-state index is -0.573. The molecular formula is C7H10N4O3. The summed E-state index contributed by atoms with van der Waals surface area (Å²) in [5.41, 5.74) is 2.38. The first-order valence-electron chi connectivity index (χ1n) is 4.29. The van der Waals surface area contributed by atoms with Crippen molar-refractivity contribution in [1.29, 1.82) is 0 Å². The van der Waals surface area contributed by atoms with Crippen LogP contribution < -0.4 is 16.1 Å². The van der Waals surface area contributed by atoms with E-state index in [1.807, 2.05) is 0 Å². The third-order valence-corrected chi connectivity index (χ3v) is 2.19. The van der Waals surface area contributed by atoms with Crippen molar-refractivity contribution in [3.05, 3.63) is 0 Å². The van der Waals surface area contributed by atoms with Crippen LogP contribution in [0.5, 0.6) is 0 Å². The van der Waals surface area contributed by atoms with Crippen molar-refractivity contribution < 1.29 is 14.4 Å². The molecule has 0 aromatic rings. The Morgan fingerprint density at radius 2 is 2.14 bits per heavy atom. The molecule has 3 N–H and O–H groups in total. The van der Waals surface area contributed by atoms with Gasteiger partial charge in [-0.3, -0.25) is 20.3 Å². The average molecular weight is 198 g/mol. The Labute approximate surface area is 79.8 Å². The van der Waals surface area contributed by atoms with Gasteiger partial charge in [-0.15, -0.1) is 0 Å². The second-order valence-electron chi connectivity index (χ2n) is 3.27. The van der Waals surface area contributed by atoms with Crippen LogP contribution in [0, 0.1) is 5.92 Å². The molecule has 7 nitrogen and oxygen atoms in total. The molecule has 2 aliphatic rings. The van der Waals surface area contributed by atoms with Crippen LogP contribution in [-0.4, -0.2) is 42.5 Å². The Kier molecular flexibility index (Phi) is 2.08. The van der Waals surface area contributed by atoms with E-state index in [1.165, 1.54) is 0 Å². The third kappa shape index (κ3) is 1.53. The van der Waals surface area contributed by atoms with Gasteiger partial charge < -0.3 is 5.32 Å². The summed E-state index contributed by atoms with van der Waals surface area (Å²) in [7, 11) is 0. The fraction of sp³-hybridized carbons (Fsp3) is 0.571. The van der Waals surface area contributed by atoms with Crippen molar-refractivity contribution in [2.75, 3.05) is 19.6 Å². The van der Waals surface area contributed by atoms with Gasteiger partial charge in [0.1, 0.15) is 6.54 Å². The van der Waals surface area contributed by atoms with Gasteiger partial charge in [0.2, 0.25) is 11.8 Å². The van der Waals surface area contributed by atoms with Gasteiger partial charge >= 0.3 is 6.03 Å². The normalized spacial score (nSPS) is 21.9. The predicted molar refractivity (Wildman–Crippen MR) is 44.7 cm³/mol. The zero-order valence-electron chi connectivity index (χ0n) is 7.37. The number of nitrogens with one attached hydrogen (secondary N) is 3. The number of urea groups is 1. The van der Waals surface area contributed by atoms with Crippen LogP contribution in [0.25, 0.3) is 0 Å². The molecule has 0 spiro atoms. The minimum Gasteiger partial charge on any atom is -0.315 e. The fourth-order valence-corrected chi connectivity index (χ4v) is 1.23. The minimum absolute atomic E-state index is 0.0986. The number of carbonyl (C=O) groups excluding carboxylic acids is 3. The smallest absolute Gasteiger partial charge is 0.315 e. The van der Waals surface area contributed by atoms with E-state index < -0.39 is 11.9 Å². The maximum absolute atomic E-state index is 11.3. The van der Waals surface area contributed by atoms with E-state index in [-0.39, 0.29) is 18.4 Å². The molecule has 14 heavy (non-hydrogen) atoms. The summed E-state index contributed by atoms with van der Waals surface area (Å²) < 4.78 is 0. The van der Waals surface area contributed by atoms with E-state index >= 15 is 0 Å². The molecule has 7 heteroatoms. The van der Waals surface area contributed by atoms with Crippen LogP contribution >= 0.6 is 0 Å². The Morgan fingerprint density at radius 3 is 2.57 bits per heavy atom. The molecule has 0 aromatic heterocycles. The van der Waals surface area contributed by atoms with Gasteiger partial charge in [-0.2, -0.15) is 0 Å². The van der Waals surface area contributed by atoms with Crippen molar-refractivity contribution in [2.24, 2.45) is 5.92 Å². The molecular weight excluding hydrogens is 188 g/mol. The van der Waals surface area contributed by atoms with Gasteiger partial charge in [0.05, 0.1) is 5.92 Å². The van der Waals surface area contributed by atoms with Crippen molar-refractivity contribution in [3.8, 4) is 0 Å². The first-order valence-corrected chi connectivity index (χ1v) is 4.29. The number of hydrogen-bond donors (Lipinski definition) is 3. The molecule has 0 saturated carbocycles. The third-order valence-electron chi connectivity index (χ3n) is 2.19. The number of amides is 4. The zero-order chi connectivity index (χ0) is 10.1. The largest absolute Gasteiger partial charge is 0.343 e. The summed E-state index contributed by atoms with van der Waals surface area (Å²) in [6.45, 7) is 1.13. The molecule has 0 aliphatic carbocycles. The second-order valence-corrected chi connectivity index (χ2v) is 3.27. The fourth-order valence-electron chi connectivity index (χ4n) is 1.23. The molecule has 0 radical (unpaired) electrons. The van der Waals surface area contributed by atoms with Crippen molar-refractivity contribution in [2.45, 2.75) is 0 Å². The highest BCUT2D eigenvalue weighted by atomic mass is 16.2. The molecule has 2 fully saturated rings. The van der Waals surface area contributed by atoms with Crippen LogP contribution in [0.2, 0.25) is 0 Å². The summed E-state index contributed by atoms with van der Waals surface area (Å²) in [5, 5.41) is 5.99. The van der Waals surface area contributed by atoms with Gasteiger partial charge in [-0.05, 0) is 0 Å². The van der Waals surface area contributed by atoms with E-state index in [0.717, 1.165) is 5.01 Å². The second kappa shape index (κ2) is 3.26. The maximum Gasteiger partial charge on any atom is 0.343 e. The van der Waals surface area contributed by atoms with Crippen molar-refractivity contribution in [3.63, 3.8) is 0 Å². The van der Waals surface area contributed by atoms with E-state index in [4.69, 9.17) is 0 Å². The molecule has 0 bridgehead atoms. The van der Waals surface area contributed by atoms with E-state index in [1.54, 1.807) is 0 Å². The lowest BCUT2D eigenvalue weighted by Gasteiger charge is -2.27. The van der Waals surface area contributed by atoms with Gasteiger partial charge in [0, 0.05) is 13.1 Å². The lowest BCUT2D eigenvalue weighted by atomic mass is 10.0. The molecule has 2 aliphatic heterocycles. The Bertz CT molecular complexity index is 299. The van der Waals surface area contributed by atoms with Crippen LogP contribution in [0.15, 0.2) is 0 Å². The number of hydrazine groups is 1. The van der Waals surface area contributed by atoms with Gasteiger partial charge in [-0.1, -0.05) is 0 Å². The standard InChI is InChI=1S/C7H10N4O3/c12-5-3-11(7(14)9-5)10-6(13)4-1-8-2-4/h4,8H,1-3H2,(H,10,13)(H,9,12,14). The molecule has 2 rings (SSSR count). The highest BCUT2D eigenvalue weighted by molar-refractivity contribution is 6.02. The summed E-state index contributed by atoms with van der Waals surface area (Å²) >= 11 is 0. The number of imide groups is 1. The highest BCUT2D eigenvalue weighted by Crippen LogP contribution is 2.03. The number of nitrogens with zero attached hydrogens (tertiary/aromatic N) is 1. The Balaban J connectivity index is 1.87. The topological polar surface area (TPSA) is 90.5 Å². The predicted octanol–water partition coefficient (Wildman–Crippen LogP) is -2.21. The molecule has 76 valence electrons. The quantitative estimate of drug-likeness (QED) is 0.439. The molecule has 0 unspecified atom stereocenters. The molecule has 0 aromatic carbocycles. The van der Waals surface area contributed by atoms with Crippen molar-refractivity contribution in [1.82, 2.24) is 21.1 Å². The van der Waals surface area contributed by atoms with E-state index in [9.17, 15) is 14.4 Å². The monoisotopic (exact) mass is 198 g/mol. The SMILES string of the molecule is O=C1CN(NC(=O)C2CNC2)C(=O)N1. The van der Waals surface area contributed by atoms with Gasteiger partial charge in [-0.25, -0.2) is 9.80 Å². The number of carbonyl (C=O) groups is 3. The molecule has 0 atom stereocenters. The highest BCUT2D eigenvalue weighted by Gasteiger charge is 2.32. The average Bonchev–Trinajstić information content (AvgIpc) is 2.26. The first-order chi connectivity index (χ1) is 6.66. The summed E-state index contributed by atoms with van der Waals surface area (Å²) in [5.74, 6) is -0.728. The Morgan fingerprint density at radius 1 is 1.43 bits per heavy atom. The maximum atomic E-state index is 11.3. The summed E-state index contributed by atoms with van der Waals surface area (Å²) in [6, 6.07) is -0.573. The van der Waals surface area contributed by atoms with Crippen molar-refractivity contribution >= 4 is 17.8 Å². The van der Waals surface area contributed by atoms with Gasteiger partial charge in [0.15, 0.2) is 0 Å². The summed E-state index contributed by atoms with van der Waals surface area (Å²) in [6.07, 6.45) is 0. The van der Waals surface area contributed by atoms with Crippen LogP contribution in [0.1, 0.15) is 0 Å². The lowest BCUT2D eigenvalue weighted by molar-refractivity contribution is -0.130. The van der Waals surface area contributed by atoms with Crippen LogP contribution in [0.3, 0.4) is 0 Å². The Hall–Kier alpha value is -1.63. The number of hydrogen-bond acceptors (Lipinski definition) is 4. The van der Waals surface area contributed by atoms with Gasteiger partial charge in [0.25, 0.3) is 0 Å². The lowest BCUT2D eigenvalue weighted by Crippen LogP contribution is -2.55. The molecule has 4 amide bonds. The molecule has 2 saturated heterocycles. The zero-order valence-corrected chi connectivity index (χ0v) is 7.37. The number of rotatable bonds is 2. The first kappa shape index (κ1) is 8.95. The van der Waals surface area contributed by atoms with Crippen LogP contribution in [-0.2, 0) is 9.59 Å².